The van der Waals surface area contributed by atoms with Crippen LogP contribution in [0.15, 0.2) is 24.5 Å². The second kappa shape index (κ2) is 6.54. The zero-order valence-electron chi connectivity index (χ0n) is 14.2. The summed E-state index contributed by atoms with van der Waals surface area (Å²) >= 11 is 0. The number of hydrogen-bond acceptors (Lipinski definition) is 5. The molecule has 0 saturated carbocycles. The van der Waals surface area contributed by atoms with Crippen LogP contribution in [0.2, 0.25) is 0 Å². The van der Waals surface area contributed by atoms with Gasteiger partial charge in [0.1, 0.15) is 5.82 Å². The molecule has 2 aromatic rings. The van der Waals surface area contributed by atoms with Gasteiger partial charge in [0, 0.05) is 42.3 Å². The molecular formula is C17H17F3N4O2. The lowest BCUT2D eigenvalue weighted by Gasteiger charge is -2.21. The third-order valence-corrected chi connectivity index (χ3v) is 4.64. The highest BCUT2D eigenvalue weighted by molar-refractivity contribution is 5.73. The van der Waals surface area contributed by atoms with Crippen LogP contribution >= 0.6 is 0 Å². The van der Waals surface area contributed by atoms with Gasteiger partial charge in [-0.05, 0) is 26.0 Å². The topological polar surface area (TPSA) is 79.2 Å². The smallest absolute Gasteiger partial charge is 0.394 e. The molecule has 1 aliphatic rings. The van der Waals surface area contributed by atoms with Crippen molar-refractivity contribution in [3.8, 4) is 11.4 Å². The Morgan fingerprint density at radius 2 is 2.00 bits per heavy atom. The predicted octanol–water partition coefficient (Wildman–Crippen LogP) is 2.85. The average Bonchev–Trinajstić information content (AvgIpc) is 3.04. The number of halogens is 3. The van der Waals surface area contributed by atoms with Crippen LogP contribution in [0, 0.1) is 25.7 Å². The van der Waals surface area contributed by atoms with Crippen LogP contribution < -0.4 is 4.90 Å². The van der Waals surface area contributed by atoms with Crippen molar-refractivity contribution in [1.82, 2.24) is 15.0 Å². The molecular weight excluding hydrogens is 349 g/mol. The van der Waals surface area contributed by atoms with Crippen molar-refractivity contribution in [2.45, 2.75) is 20.0 Å². The van der Waals surface area contributed by atoms with Crippen molar-refractivity contribution in [3.63, 3.8) is 0 Å². The first-order valence-corrected chi connectivity index (χ1v) is 7.98. The monoisotopic (exact) mass is 366 g/mol. The van der Waals surface area contributed by atoms with Gasteiger partial charge in [-0.15, -0.1) is 0 Å². The fourth-order valence-electron chi connectivity index (χ4n) is 3.10. The summed E-state index contributed by atoms with van der Waals surface area (Å²) in [6.07, 6.45) is -1.42. The number of aromatic nitrogens is 3. The molecule has 0 radical (unpaired) electrons. The lowest BCUT2D eigenvalue weighted by atomic mass is 9.96. The minimum atomic E-state index is -4.58. The number of carboxylic acid groups (broad SMARTS) is 1. The lowest BCUT2D eigenvalue weighted by molar-refractivity contribution is -0.187. The van der Waals surface area contributed by atoms with Crippen molar-refractivity contribution >= 4 is 11.8 Å². The number of carboxylic acids is 1. The fourth-order valence-corrected chi connectivity index (χ4v) is 3.10. The van der Waals surface area contributed by atoms with E-state index in [4.69, 9.17) is 0 Å². The summed E-state index contributed by atoms with van der Waals surface area (Å²) in [6.45, 7) is 2.77. The predicted molar refractivity (Wildman–Crippen MR) is 87.6 cm³/mol. The molecule has 0 aromatic carbocycles. The molecule has 2 aromatic heterocycles. The number of aliphatic carboxylic acids is 1. The van der Waals surface area contributed by atoms with Crippen LogP contribution in [0.4, 0.5) is 19.0 Å². The SMILES string of the molecule is Cc1nc(-c2cccnc2)nc(N2C[C@@H](C(F)(F)F)[C@H](C(=O)O)C2)c1C. The van der Waals surface area contributed by atoms with Gasteiger partial charge in [0.25, 0.3) is 0 Å². The van der Waals surface area contributed by atoms with Gasteiger partial charge in [0.15, 0.2) is 5.82 Å². The van der Waals surface area contributed by atoms with Gasteiger partial charge in [-0.1, -0.05) is 0 Å². The van der Waals surface area contributed by atoms with Crippen LogP contribution in [0.5, 0.6) is 0 Å². The molecule has 0 unspecified atom stereocenters. The molecule has 6 nitrogen and oxygen atoms in total. The maximum atomic E-state index is 13.3. The van der Waals surface area contributed by atoms with Gasteiger partial charge in [-0.3, -0.25) is 9.78 Å². The van der Waals surface area contributed by atoms with Gasteiger partial charge in [0.05, 0.1) is 11.8 Å². The highest BCUT2D eigenvalue weighted by Gasteiger charge is 2.53. The van der Waals surface area contributed by atoms with Crippen LogP contribution in [-0.2, 0) is 4.79 Å². The Kier molecular flexibility index (Phi) is 4.55. The van der Waals surface area contributed by atoms with Gasteiger partial charge in [0.2, 0.25) is 0 Å². The van der Waals surface area contributed by atoms with E-state index in [2.05, 4.69) is 15.0 Å². The number of anilines is 1. The molecule has 138 valence electrons. The Labute approximate surface area is 147 Å². The lowest BCUT2D eigenvalue weighted by Crippen LogP contribution is -2.33. The van der Waals surface area contributed by atoms with Crippen molar-refractivity contribution in [2.24, 2.45) is 11.8 Å². The van der Waals surface area contributed by atoms with Crippen molar-refractivity contribution in [2.75, 3.05) is 18.0 Å². The second-order valence-corrected chi connectivity index (χ2v) is 6.32. The van der Waals surface area contributed by atoms with Crippen molar-refractivity contribution in [1.29, 1.82) is 0 Å². The number of alkyl halides is 3. The summed E-state index contributed by atoms with van der Waals surface area (Å²) < 4.78 is 39.8. The summed E-state index contributed by atoms with van der Waals surface area (Å²) in [5.74, 6) is -4.23. The Morgan fingerprint density at radius 3 is 2.54 bits per heavy atom. The van der Waals surface area contributed by atoms with Crippen LogP contribution in [0.25, 0.3) is 11.4 Å². The van der Waals surface area contributed by atoms with E-state index in [-0.39, 0.29) is 6.54 Å². The zero-order chi connectivity index (χ0) is 19.1. The standard InChI is InChI=1S/C17H17F3N4O2/c1-9-10(2)22-14(11-4-3-5-21-6-11)23-15(9)24-7-12(16(25)26)13(8-24)17(18,19)20/h3-6,12-13H,7-8H2,1-2H3,(H,25,26)/t12-,13-/m1/s1. The van der Waals surface area contributed by atoms with E-state index in [1.807, 2.05) is 0 Å². The molecule has 9 heteroatoms. The largest absolute Gasteiger partial charge is 0.481 e. The number of pyridine rings is 1. The molecule has 3 rings (SSSR count). The Morgan fingerprint density at radius 1 is 1.27 bits per heavy atom. The summed E-state index contributed by atoms with van der Waals surface area (Å²) in [5, 5.41) is 9.20. The molecule has 2 atom stereocenters. The minimum absolute atomic E-state index is 0.247. The Balaban J connectivity index is 2.01. The number of aryl methyl sites for hydroxylation is 1. The first-order chi connectivity index (χ1) is 12.2. The molecule has 0 aliphatic carbocycles. The number of carbonyl (C=O) groups is 1. The molecule has 0 spiro atoms. The molecule has 0 amide bonds. The Bertz CT molecular complexity index is 827. The fraction of sp³-hybridized carbons (Fsp3) is 0.412. The maximum absolute atomic E-state index is 13.3. The molecule has 1 saturated heterocycles. The van der Waals surface area contributed by atoms with Gasteiger partial charge < -0.3 is 10.0 Å². The third kappa shape index (κ3) is 3.33. The van der Waals surface area contributed by atoms with Crippen molar-refractivity contribution < 1.29 is 23.1 Å². The van der Waals surface area contributed by atoms with E-state index in [0.717, 1.165) is 0 Å². The zero-order valence-corrected chi connectivity index (χ0v) is 14.2. The number of hydrogen-bond donors (Lipinski definition) is 1. The van der Waals surface area contributed by atoms with Crippen LogP contribution in [-0.4, -0.2) is 45.3 Å². The van der Waals surface area contributed by atoms with Crippen molar-refractivity contribution in [3.05, 3.63) is 35.8 Å². The van der Waals surface area contributed by atoms with E-state index in [0.29, 0.717) is 28.5 Å². The van der Waals surface area contributed by atoms with E-state index in [1.165, 1.54) is 4.90 Å². The molecule has 1 aliphatic heterocycles. The van der Waals surface area contributed by atoms with Crippen LogP contribution in [0.1, 0.15) is 11.3 Å². The molecule has 1 N–H and O–H groups in total. The summed E-state index contributed by atoms with van der Waals surface area (Å²) in [6, 6.07) is 3.47. The highest BCUT2D eigenvalue weighted by Crippen LogP contribution is 2.40. The van der Waals surface area contributed by atoms with E-state index in [1.54, 1.807) is 38.4 Å². The van der Waals surface area contributed by atoms with E-state index in [9.17, 15) is 23.1 Å². The highest BCUT2D eigenvalue weighted by atomic mass is 19.4. The summed E-state index contributed by atoms with van der Waals surface area (Å²) in [4.78, 5) is 25.5. The summed E-state index contributed by atoms with van der Waals surface area (Å²) in [7, 11) is 0. The molecule has 0 bridgehead atoms. The number of nitrogens with zero attached hydrogens (tertiary/aromatic N) is 4. The quantitative estimate of drug-likeness (QED) is 0.900. The summed E-state index contributed by atoms with van der Waals surface area (Å²) in [5.41, 5.74) is 1.89. The maximum Gasteiger partial charge on any atom is 0.394 e. The second-order valence-electron chi connectivity index (χ2n) is 6.32. The molecule has 3 heterocycles. The number of rotatable bonds is 3. The normalized spacial score (nSPS) is 20.4. The first kappa shape index (κ1) is 18.1. The minimum Gasteiger partial charge on any atom is -0.481 e. The van der Waals surface area contributed by atoms with Gasteiger partial charge in [-0.2, -0.15) is 13.2 Å². The molecule has 1 fully saturated rings. The van der Waals surface area contributed by atoms with E-state index >= 15 is 0 Å². The average molecular weight is 366 g/mol. The van der Waals surface area contributed by atoms with Gasteiger partial charge in [-0.25, -0.2) is 9.97 Å². The van der Waals surface area contributed by atoms with E-state index < -0.39 is 30.5 Å². The Hall–Kier alpha value is -2.71. The van der Waals surface area contributed by atoms with Crippen LogP contribution in [0.3, 0.4) is 0 Å². The van der Waals surface area contributed by atoms with Gasteiger partial charge >= 0.3 is 12.1 Å². The molecule has 26 heavy (non-hydrogen) atoms. The third-order valence-electron chi connectivity index (χ3n) is 4.64. The first-order valence-electron chi connectivity index (χ1n) is 7.98.